The average Bonchev–Trinajstić information content (AvgIpc) is 2.34. The lowest BCUT2D eigenvalue weighted by Crippen LogP contribution is -1.87. The second kappa shape index (κ2) is 3.22. The molecule has 0 nitrogen and oxygen atoms in total. The van der Waals surface area contributed by atoms with E-state index in [9.17, 15) is 0 Å². The van der Waals surface area contributed by atoms with E-state index in [1.165, 1.54) is 16.0 Å². The van der Waals surface area contributed by atoms with Crippen molar-refractivity contribution >= 4 is 16.9 Å². The molecule has 0 saturated heterocycles. The lowest BCUT2D eigenvalue weighted by Gasteiger charge is -2.05. The minimum atomic E-state index is 0.563. The van der Waals surface area contributed by atoms with Gasteiger partial charge in [-0.15, -0.1) is 11.3 Å². The lowest BCUT2D eigenvalue weighted by atomic mass is 10.0. The van der Waals surface area contributed by atoms with E-state index in [0.29, 0.717) is 5.92 Å². The summed E-state index contributed by atoms with van der Waals surface area (Å²) in [6.07, 6.45) is 0. The minimum absolute atomic E-state index is 0.563. The molecule has 0 aliphatic rings. The lowest BCUT2D eigenvalue weighted by molar-refractivity contribution is 0.861. The van der Waals surface area contributed by atoms with Gasteiger partial charge in [0.05, 0.1) is 0 Å². The number of rotatable bonds is 2. The van der Waals surface area contributed by atoms with E-state index >= 15 is 0 Å². The Hall–Kier alpha value is -0.560. The standard InChI is InChI=1S/C10H14S/c1-7(2)9(4)10-5-8(3)6-11-10/h5-7H,4H2,1-3H3. The zero-order chi connectivity index (χ0) is 8.43. The van der Waals surface area contributed by atoms with Gasteiger partial charge in [0.15, 0.2) is 0 Å². The molecule has 1 aromatic rings. The van der Waals surface area contributed by atoms with Crippen LogP contribution in [0.5, 0.6) is 0 Å². The summed E-state index contributed by atoms with van der Waals surface area (Å²) in [6.45, 7) is 10.5. The van der Waals surface area contributed by atoms with Crippen molar-refractivity contribution in [3.63, 3.8) is 0 Å². The van der Waals surface area contributed by atoms with Crippen molar-refractivity contribution < 1.29 is 0 Å². The summed E-state index contributed by atoms with van der Waals surface area (Å²) in [5.74, 6) is 0.563. The molecule has 0 spiro atoms. The van der Waals surface area contributed by atoms with E-state index in [0.717, 1.165) is 0 Å². The maximum absolute atomic E-state index is 4.05. The van der Waals surface area contributed by atoms with Gasteiger partial charge < -0.3 is 0 Å². The fraction of sp³-hybridized carbons (Fsp3) is 0.400. The molecule has 0 aliphatic carbocycles. The van der Waals surface area contributed by atoms with Crippen LogP contribution in [0.1, 0.15) is 24.3 Å². The Bertz CT molecular complexity index is 256. The molecule has 0 atom stereocenters. The van der Waals surface area contributed by atoms with Gasteiger partial charge in [-0.25, -0.2) is 0 Å². The zero-order valence-corrected chi connectivity index (χ0v) is 8.16. The molecule has 0 bridgehead atoms. The maximum atomic E-state index is 4.05. The van der Waals surface area contributed by atoms with Crippen LogP contribution in [0.4, 0.5) is 0 Å². The van der Waals surface area contributed by atoms with E-state index in [2.05, 4.69) is 38.8 Å². The quantitative estimate of drug-likeness (QED) is 0.628. The minimum Gasteiger partial charge on any atom is -0.144 e. The summed E-state index contributed by atoms with van der Waals surface area (Å²) in [4.78, 5) is 1.33. The molecular formula is C10H14S. The van der Waals surface area contributed by atoms with Crippen LogP contribution in [0, 0.1) is 12.8 Å². The van der Waals surface area contributed by atoms with Crippen molar-refractivity contribution in [2.75, 3.05) is 0 Å². The molecule has 0 radical (unpaired) electrons. The van der Waals surface area contributed by atoms with Crippen LogP contribution >= 0.6 is 11.3 Å². The molecule has 0 unspecified atom stereocenters. The van der Waals surface area contributed by atoms with Gasteiger partial charge in [-0.3, -0.25) is 0 Å². The second-order valence-corrected chi connectivity index (χ2v) is 4.08. The highest BCUT2D eigenvalue weighted by atomic mass is 32.1. The van der Waals surface area contributed by atoms with E-state index in [4.69, 9.17) is 0 Å². The van der Waals surface area contributed by atoms with Crippen molar-refractivity contribution in [1.82, 2.24) is 0 Å². The van der Waals surface area contributed by atoms with Gasteiger partial charge in [-0.1, -0.05) is 20.4 Å². The van der Waals surface area contributed by atoms with Gasteiger partial charge in [0.1, 0.15) is 0 Å². The molecule has 1 heteroatoms. The van der Waals surface area contributed by atoms with Crippen molar-refractivity contribution in [2.45, 2.75) is 20.8 Å². The third-order valence-corrected chi connectivity index (χ3v) is 2.87. The molecule has 0 aromatic carbocycles. The topological polar surface area (TPSA) is 0 Å². The summed E-state index contributed by atoms with van der Waals surface area (Å²) in [5.41, 5.74) is 2.59. The molecule has 0 saturated carbocycles. The first-order valence-electron chi connectivity index (χ1n) is 3.85. The van der Waals surface area contributed by atoms with Crippen molar-refractivity contribution in [3.8, 4) is 0 Å². The monoisotopic (exact) mass is 166 g/mol. The van der Waals surface area contributed by atoms with Crippen LogP contribution in [0.2, 0.25) is 0 Å². The van der Waals surface area contributed by atoms with Gasteiger partial charge in [-0.2, -0.15) is 0 Å². The number of hydrogen-bond donors (Lipinski definition) is 0. The summed E-state index contributed by atoms with van der Waals surface area (Å²) in [5, 5.41) is 2.17. The van der Waals surface area contributed by atoms with Gasteiger partial charge in [0.25, 0.3) is 0 Å². The Morgan fingerprint density at radius 3 is 2.55 bits per heavy atom. The van der Waals surface area contributed by atoms with Crippen molar-refractivity contribution in [1.29, 1.82) is 0 Å². The van der Waals surface area contributed by atoms with Crippen LogP contribution in [0.15, 0.2) is 18.0 Å². The molecule has 0 amide bonds. The SMILES string of the molecule is C=C(c1cc(C)cs1)C(C)C. The summed E-state index contributed by atoms with van der Waals surface area (Å²) < 4.78 is 0. The first-order chi connectivity index (χ1) is 5.11. The third-order valence-electron chi connectivity index (χ3n) is 1.74. The van der Waals surface area contributed by atoms with Crippen molar-refractivity contribution in [2.24, 2.45) is 5.92 Å². The van der Waals surface area contributed by atoms with Crippen LogP contribution in [0.3, 0.4) is 0 Å². The highest BCUT2D eigenvalue weighted by Gasteiger charge is 2.04. The number of aryl methyl sites for hydroxylation is 1. The Labute approximate surface area is 72.6 Å². The predicted molar refractivity (Wildman–Crippen MR) is 52.9 cm³/mol. The fourth-order valence-corrected chi connectivity index (χ4v) is 1.91. The molecule has 1 aromatic heterocycles. The highest BCUT2D eigenvalue weighted by molar-refractivity contribution is 7.11. The predicted octanol–water partition coefficient (Wildman–Crippen LogP) is 3.73. The molecule has 1 heterocycles. The van der Waals surface area contributed by atoms with Gasteiger partial charge in [0.2, 0.25) is 0 Å². The molecule has 0 fully saturated rings. The smallest absolute Gasteiger partial charge is 0.0301 e. The largest absolute Gasteiger partial charge is 0.144 e. The van der Waals surface area contributed by atoms with Gasteiger partial charge in [-0.05, 0) is 35.4 Å². The highest BCUT2D eigenvalue weighted by Crippen LogP contribution is 2.26. The first kappa shape index (κ1) is 8.54. The number of allylic oxidation sites excluding steroid dienone is 1. The molecule has 0 aliphatic heterocycles. The molecular weight excluding hydrogens is 152 g/mol. The molecule has 1 rings (SSSR count). The fourth-order valence-electron chi connectivity index (χ4n) is 0.884. The Morgan fingerprint density at radius 2 is 2.18 bits per heavy atom. The third kappa shape index (κ3) is 1.93. The summed E-state index contributed by atoms with van der Waals surface area (Å²) >= 11 is 1.79. The van der Waals surface area contributed by atoms with Crippen LogP contribution in [0.25, 0.3) is 5.57 Å². The Kier molecular flexibility index (Phi) is 2.50. The van der Waals surface area contributed by atoms with E-state index in [-0.39, 0.29) is 0 Å². The van der Waals surface area contributed by atoms with Gasteiger partial charge >= 0.3 is 0 Å². The maximum Gasteiger partial charge on any atom is 0.0301 e. The van der Waals surface area contributed by atoms with Crippen LogP contribution in [-0.4, -0.2) is 0 Å². The first-order valence-corrected chi connectivity index (χ1v) is 4.73. The summed E-state index contributed by atoms with van der Waals surface area (Å²) in [6, 6.07) is 2.20. The van der Waals surface area contributed by atoms with Crippen molar-refractivity contribution in [3.05, 3.63) is 28.5 Å². The van der Waals surface area contributed by atoms with Gasteiger partial charge in [0, 0.05) is 4.88 Å². The van der Waals surface area contributed by atoms with E-state index in [1.54, 1.807) is 11.3 Å². The van der Waals surface area contributed by atoms with Crippen LogP contribution < -0.4 is 0 Å². The molecule has 0 N–H and O–H groups in total. The average molecular weight is 166 g/mol. The van der Waals surface area contributed by atoms with Crippen LogP contribution in [-0.2, 0) is 0 Å². The molecule has 11 heavy (non-hydrogen) atoms. The second-order valence-electron chi connectivity index (χ2n) is 3.17. The Balaban J connectivity index is 2.85. The number of hydrogen-bond acceptors (Lipinski definition) is 1. The summed E-state index contributed by atoms with van der Waals surface area (Å²) in [7, 11) is 0. The molecule has 60 valence electrons. The zero-order valence-electron chi connectivity index (χ0n) is 7.35. The van der Waals surface area contributed by atoms with E-state index < -0.39 is 0 Å². The number of thiophene rings is 1. The van der Waals surface area contributed by atoms with E-state index in [1.807, 2.05) is 0 Å². The Morgan fingerprint density at radius 1 is 1.55 bits per heavy atom. The normalized spacial score (nSPS) is 10.5.